The number of nitrogens with zero attached hydrogens (tertiary/aromatic N) is 2. The predicted molar refractivity (Wildman–Crippen MR) is 99.6 cm³/mol. The van der Waals surface area contributed by atoms with Gasteiger partial charge in [0.2, 0.25) is 0 Å². The van der Waals surface area contributed by atoms with E-state index < -0.39 is 0 Å². The second-order valence-electron chi connectivity index (χ2n) is 6.43. The number of nitrogens with one attached hydrogen (secondary N) is 1. The highest BCUT2D eigenvalue weighted by Gasteiger charge is 2.17. The summed E-state index contributed by atoms with van der Waals surface area (Å²) in [5, 5.41) is 3.02. The highest BCUT2D eigenvalue weighted by atomic mass is 16.1. The maximum Gasteiger partial charge on any atom is 0.268 e. The molecule has 4 heteroatoms. The molecular formula is C21H23N3O. The average molecular weight is 333 g/mol. The summed E-state index contributed by atoms with van der Waals surface area (Å²) in [6, 6.07) is 14.3. The molecule has 0 unspecified atom stereocenters. The van der Waals surface area contributed by atoms with E-state index in [0.717, 1.165) is 22.5 Å². The Hall–Kier alpha value is -2.88. The lowest BCUT2D eigenvalue weighted by Crippen LogP contribution is -2.26. The summed E-state index contributed by atoms with van der Waals surface area (Å²) in [5.74, 6) is -0.0467. The molecule has 1 N–H and O–H groups in total. The fourth-order valence-corrected chi connectivity index (χ4v) is 3.00. The first-order chi connectivity index (χ1) is 12.0. The molecule has 0 bridgehead atoms. The van der Waals surface area contributed by atoms with Crippen LogP contribution in [0.3, 0.4) is 0 Å². The molecule has 3 rings (SSSR count). The summed E-state index contributed by atoms with van der Waals surface area (Å²) >= 11 is 0. The van der Waals surface area contributed by atoms with E-state index in [-0.39, 0.29) is 5.91 Å². The van der Waals surface area contributed by atoms with Crippen molar-refractivity contribution >= 4 is 5.91 Å². The average Bonchev–Trinajstić information content (AvgIpc) is 2.89. The largest absolute Gasteiger partial charge is 0.347 e. The van der Waals surface area contributed by atoms with Gasteiger partial charge in [0.15, 0.2) is 0 Å². The van der Waals surface area contributed by atoms with Gasteiger partial charge < -0.3 is 9.88 Å². The Labute approximate surface area is 148 Å². The van der Waals surface area contributed by atoms with E-state index in [1.807, 2.05) is 26.0 Å². The van der Waals surface area contributed by atoms with Crippen molar-refractivity contribution in [2.24, 2.45) is 0 Å². The van der Waals surface area contributed by atoms with Crippen LogP contribution in [0.2, 0.25) is 0 Å². The lowest BCUT2D eigenvalue weighted by molar-refractivity contribution is 0.0941. The monoisotopic (exact) mass is 333 g/mol. The normalized spacial score (nSPS) is 10.7. The number of aromatic nitrogens is 2. The van der Waals surface area contributed by atoms with E-state index in [1.54, 1.807) is 12.4 Å². The Balaban J connectivity index is 1.80. The minimum Gasteiger partial charge on any atom is -0.347 e. The summed E-state index contributed by atoms with van der Waals surface area (Å²) in [6.45, 7) is 7.29. The molecule has 128 valence electrons. The third-order valence-electron chi connectivity index (χ3n) is 4.37. The number of aryl methyl sites for hydroxylation is 3. The number of amides is 1. The predicted octanol–water partition coefficient (Wildman–Crippen LogP) is 3.79. The smallest absolute Gasteiger partial charge is 0.268 e. The van der Waals surface area contributed by atoms with Crippen molar-refractivity contribution < 1.29 is 4.79 Å². The number of carbonyl (C=O) groups excluding carboxylic acids is 1. The Morgan fingerprint density at radius 3 is 2.36 bits per heavy atom. The molecule has 1 aromatic carbocycles. The zero-order valence-corrected chi connectivity index (χ0v) is 14.9. The Kier molecular flexibility index (Phi) is 4.98. The summed E-state index contributed by atoms with van der Waals surface area (Å²) in [4.78, 5) is 16.8. The van der Waals surface area contributed by atoms with Crippen molar-refractivity contribution in [2.45, 2.75) is 33.9 Å². The van der Waals surface area contributed by atoms with Crippen LogP contribution in [0.4, 0.5) is 0 Å². The Bertz CT molecular complexity index is 864. The molecule has 0 aliphatic rings. The topological polar surface area (TPSA) is 46.9 Å². The van der Waals surface area contributed by atoms with Crippen LogP contribution in [0.5, 0.6) is 0 Å². The Morgan fingerprint density at radius 1 is 1.00 bits per heavy atom. The van der Waals surface area contributed by atoms with Gasteiger partial charge in [0.05, 0.1) is 0 Å². The van der Waals surface area contributed by atoms with Gasteiger partial charge in [-0.05, 0) is 55.7 Å². The highest BCUT2D eigenvalue weighted by Crippen LogP contribution is 2.18. The van der Waals surface area contributed by atoms with E-state index in [2.05, 4.69) is 52.1 Å². The quantitative estimate of drug-likeness (QED) is 0.772. The van der Waals surface area contributed by atoms with Crippen LogP contribution in [0.1, 0.15) is 38.4 Å². The number of carbonyl (C=O) groups is 1. The van der Waals surface area contributed by atoms with Gasteiger partial charge in [-0.2, -0.15) is 0 Å². The van der Waals surface area contributed by atoms with Gasteiger partial charge in [-0.3, -0.25) is 9.78 Å². The maximum absolute atomic E-state index is 12.8. The maximum atomic E-state index is 12.8. The van der Waals surface area contributed by atoms with Crippen molar-refractivity contribution in [3.8, 4) is 0 Å². The number of hydrogen-bond acceptors (Lipinski definition) is 2. The molecule has 0 radical (unpaired) electrons. The van der Waals surface area contributed by atoms with Crippen molar-refractivity contribution in [1.29, 1.82) is 0 Å². The minimum absolute atomic E-state index is 0.0467. The SMILES string of the molecule is Cc1ccc(Cn2c(C)cc(C)c2C(=O)NCc2ccncc2)cc1. The van der Waals surface area contributed by atoms with Crippen LogP contribution in [0.25, 0.3) is 0 Å². The van der Waals surface area contributed by atoms with Gasteiger partial charge >= 0.3 is 0 Å². The van der Waals surface area contributed by atoms with Gasteiger partial charge in [-0.15, -0.1) is 0 Å². The molecule has 0 spiro atoms. The summed E-state index contributed by atoms with van der Waals surface area (Å²) < 4.78 is 2.09. The molecule has 2 aromatic heterocycles. The van der Waals surface area contributed by atoms with Crippen LogP contribution < -0.4 is 5.32 Å². The summed E-state index contributed by atoms with van der Waals surface area (Å²) in [5.41, 5.74) is 6.28. The number of hydrogen-bond donors (Lipinski definition) is 1. The number of benzene rings is 1. The molecule has 1 amide bonds. The van der Waals surface area contributed by atoms with Gasteiger partial charge in [-0.1, -0.05) is 29.8 Å². The van der Waals surface area contributed by atoms with E-state index in [9.17, 15) is 4.79 Å². The molecule has 0 aliphatic carbocycles. The second-order valence-corrected chi connectivity index (χ2v) is 6.43. The molecule has 0 atom stereocenters. The number of pyridine rings is 1. The lowest BCUT2D eigenvalue weighted by atomic mass is 10.1. The highest BCUT2D eigenvalue weighted by molar-refractivity contribution is 5.94. The number of rotatable bonds is 5. The van der Waals surface area contributed by atoms with E-state index >= 15 is 0 Å². The molecule has 0 saturated carbocycles. The summed E-state index contributed by atoms with van der Waals surface area (Å²) in [7, 11) is 0. The van der Waals surface area contributed by atoms with Crippen LogP contribution in [-0.2, 0) is 13.1 Å². The first-order valence-electron chi connectivity index (χ1n) is 8.44. The lowest BCUT2D eigenvalue weighted by Gasteiger charge is -2.13. The minimum atomic E-state index is -0.0467. The van der Waals surface area contributed by atoms with Crippen LogP contribution in [0.15, 0.2) is 54.9 Å². The molecule has 0 fully saturated rings. The zero-order valence-electron chi connectivity index (χ0n) is 14.9. The molecular weight excluding hydrogens is 310 g/mol. The molecule has 3 aromatic rings. The van der Waals surface area contributed by atoms with Crippen LogP contribution >= 0.6 is 0 Å². The van der Waals surface area contributed by atoms with Crippen molar-refractivity contribution in [3.05, 3.63) is 88.5 Å². The van der Waals surface area contributed by atoms with E-state index in [0.29, 0.717) is 13.1 Å². The van der Waals surface area contributed by atoms with Gasteiger partial charge in [0.1, 0.15) is 5.69 Å². The third kappa shape index (κ3) is 3.97. The second kappa shape index (κ2) is 7.34. The van der Waals surface area contributed by atoms with Gasteiger partial charge in [-0.25, -0.2) is 0 Å². The van der Waals surface area contributed by atoms with Gasteiger partial charge in [0.25, 0.3) is 5.91 Å². The zero-order chi connectivity index (χ0) is 17.8. The standard InChI is InChI=1S/C21H23N3O/c1-15-4-6-19(7-5-15)14-24-17(3)12-16(2)20(24)21(25)23-13-18-8-10-22-11-9-18/h4-12H,13-14H2,1-3H3,(H,23,25). The third-order valence-corrected chi connectivity index (χ3v) is 4.37. The molecule has 2 heterocycles. The van der Waals surface area contributed by atoms with Crippen molar-refractivity contribution in [2.75, 3.05) is 0 Å². The van der Waals surface area contributed by atoms with Crippen molar-refractivity contribution in [3.63, 3.8) is 0 Å². The van der Waals surface area contributed by atoms with E-state index in [4.69, 9.17) is 0 Å². The summed E-state index contributed by atoms with van der Waals surface area (Å²) in [6.07, 6.45) is 3.47. The van der Waals surface area contributed by atoms with Gasteiger partial charge in [0, 0.05) is 31.2 Å². The molecule has 0 aliphatic heterocycles. The Morgan fingerprint density at radius 2 is 1.68 bits per heavy atom. The fourth-order valence-electron chi connectivity index (χ4n) is 3.00. The van der Waals surface area contributed by atoms with Crippen LogP contribution in [0, 0.1) is 20.8 Å². The fraction of sp³-hybridized carbons (Fsp3) is 0.238. The molecule has 4 nitrogen and oxygen atoms in total. The first-order valence-corrected chi connectivity index (χ1v) is 8.44. The van der Waals surface area contributed by atoms with Crippen LogP contribution in [-0.4, -0.2) is 15.5 Å². The molecule has 25 heavy (non-hydrogen) atoms. The van der Waals surface area contributed by atoms with Crippen molar-refractivity contribution in [1.82, 2.24) is 14.9 Å². The van der Waals surface area contributed by atoms with E-state index in [1.165, 1.54) is 11.1 Å². The molecule has 0 saturated heterocycles. The first kappa shape index (κ1) is 17.0.